The molecule has 6 aromatic rings. The van der Waals surface area contributed by atoms with Crippen molar-refractivity contribution >= 4 is 55.8 Å². The van der Waals surface area contributed by atoms with Gasteiger partial charge in [0.15, 0.2) is 7.14 Å². The molecule has 4 nitrogen and oxygen atoms in total. The van der Waals surface area contributed by atoms with Gasteiger partial charge < -0.3 is 18.3 Å². The minimum atomic E-state index is -3.32. The van der Waals surface area contributed by atoms with Crippen LogP contribution in [0.3, 0.4) is 0 Å². The zero-order valence-electron chi connectivity index (χ0n) is 21.6. The third-order valence-corrected chi connectivity index (χ3v) is 11.2. The highest BCUT2D eigenvalue weighted by atomic mass is 31.2. The molecule has 0 aliphatic carbocycles. The maximum atomic E-state index is 16.4. The normalized spacial score (nSPS) is 12.4. The summed E-state index contributed by atoms with van der Waals surface area (Å²) in [5.74, 6) is 0. The summed E-state index contributed by atoms with van der Waals surface area (Å²) < 4.78 is 23.0. The molecule has 0 aliphatic rings. The smallest absolute Gasteiger partial charge is 0.177 e. The van der Waals surface area contributed by atoms with Gasteiger partial charge in [0, 0.05) is 87.4 Å². The van der Waals surface area contributed by atoms with Crippen molar-refractivity contribution < 1.29 is 4.57 Å². The fourth-order valence-corrected chi connectivity index (χ4v) is 10.3. The van der Waals surface area contributed by atoms with Gasteiger partial charge in [-0.3, -0.25) is 0 Å². The number of benzene rings is 3. The van der Waals surface area contributed by atoms with Crippen molar-refractivity contribution in [1.29, 1.82) is 0 Å². The van der Waals surface area contributed by atoms with Crippen molar-refractivity contribution in [2.24, 2.45) is 21.1 Å². The molecule has 0 N–H and O–H groups in total. The van der Waals surface area contributed by atoms with Gasteiger partial charge in [0.25, 0.3) is 0 Å². The van der Waals surface area contributed by atoms with Crippen LogP contribution in [0.1, 0.15) is 25.2 Å². The van der Waals surface area contributed by atoms with Crippen molar-refractivity contribution in [2.45, 2.75) is 26.7 Å². The summed E-state index contributed by atoms with van der Waals surface area (Å²) in [5, 5.41) is 6.15. The van der Waals surface area contributed by atoms with Crippen LogP contribution in [0, 0.1) is 0 Å². The maximum absolute atomic E-state index is 16.4. The van der Waals surface area contributed by atoms with Gasteiger partial charge >= 0.3 is 0 Å². The summed E-state index contributed by atoms with van der Waals surface area (Å²) in [6, 6.07) is 25.3. The van der Waals surface area contributed by atoms with E-state index in [-0.39, 0.29) is 0 Å². The van der Waals surface area contributed by atoms with Crippen LogP contribution < -0.4 is 15.9 Å². The Hall–Kier alpha value is -3.49. The van der Waals surface area contributed by atoms with Gasteiger partial charge in [0.1, 0.15) is 0 Å². The van der Waals surface area contributed by atoms with Gasteiger partial charge in [-0.25, -0.2) is 0 Å². The van der Waals surface area contributed by atoms with E-state index in [1.807, 2.05) is 0 Å². The van der Waals surface area contributed by atoms with Gasteiger partial charge in [0.2, 0.25) is 0 Å². The molecule has 0 radical (unpaired) electrons. The number of hydrogen-bond acceptors (Lipinski definition) is 1. The van der Waals surface area contributed by atoms with E-state index in [9.17, 15) is 0 Å². The molecule has 0 aliphatic heterocycles. The van der Waals surface area contributed by atoms with Crippen LogP contribution in [0.25, 0.3) is 32.7 Å². The SMILES string of the molecule is CCc1c(P(=O)(c2cn(C)c3ccccc23)c2c(CC)n(C)c3ccccc23)c2ccccc2n1C. The minimum absolute atomic E-state index is 0.807. The van der Waals surface area contributed by atoms with Gasteiger partial charge in [-0.1, -0.05) is 68.4 Å². The van der Waals surface area contributed by atoms with E-state index < -0.39 is 7.14 Å². The first-order chi connectivity index (χ1) is 17.4. The topological polar surface area (TPSA) is 31.9 Å². The molecule has 3 aromatic carbocycles. The summed E-state index contributed by atoms with van der Waals surface area (Å²) in [6.07, 6.45) is 3.73. The van der Waals surface area contributed by atoms with Crippen LogP contribution in [0.15, 0.2) is 79.0 Å². The van der Waals surface area contributed by atoms with Crippen LogP contribution in [-0.4, -0.2) is 13.7 Å². The Morgan fingerprint density at radius 3 is 1.50 bits per heavy atom. The average molecular weight is 494 g/mol. The van der Waals surface area contributed by atoms with Gasteiger partial charge in [-0.15, -0.1) is 0 Å². The molecule has 0 spiro atoms. The Morgan fingerprint density at radius 1 is 0.611 bits per heavy atom. The van der Waals surface area contributed by atoms with E-state index in [0.717, 1.165) is 72.9 Å². The van der Waals surface area contributed by atoms with Crippen LogP contribution in [0.4, 0.5) is 0 Å². The molecule has 0 atom stereocenters. The maximum Gasteiger partial charge on any atom is 0.177 e. The van der Waals surface area contributed by atoms with Crippen molar-refractivity contribution in [3.05, 3.63) is 90.4 Å². The highest BCUT2D eigenvalue weighted by molar-refractivity contribution is 7.86. The summed E-state index contributed by atoms with van der Waals surface area (Å²) in [7, 11) is 2.96. The molecule has 182 valence electrons. The summed E-state index contributed by atoms with van der Waals surface area (Å²) in [4.78, 5) is 0. The van der Waals surface area contributed by atoms with Crippen molar-refractivity contribution in [1.82, 2.24) is 13.7 Å². The number of hydrogen-bond donors (Lipinski definition) is 0. The van der Waals surface area contributed by atoms with E-state index in [1.54, 1.807) is 0 Å². The Bertz CT molecular complexity index is 1740. The molecule has 3 heterocycles. The fourth-order valence-electron chi connectivity index (χ4n) is 6.29. The summed E-state index contributed by atoms with van der Waals surface area (Å²) >= 11 is 0. The molecule has 0 amide bonds. The Kier molecular flexibility index (Phi) is 5.28. The number of rotatable bonds is 5. The summed E-state index contributed by atoms with van der Waals surface area (Å²) in [6.45, 7) is 4.35. The highest BCUT2D eigenvalue weighted by Crippen LogP contribution is 2.51. The number of aromatic nitrogens is 3. The predicted molar refractivity (Wildman–Crippen MR) is 154 cm³/mol. The molecular weight excluding hydrogens is 461 g/mol. The molecular formula is C31H32N3OP. The molecule has 0 fully saturated rings. The zero-order chi connectivity index (χ0) is 25.2. The van der Waals surface area contributed by atoms with Crippen molar-refractivity contribution in [3.8, 4) is 0 Å². The molecule has 0 bridgehead atoms. The highest BCUT2D eigenvalue weighted by Gasteiger charge is 2.41. The van der Waals surface area contributed by atoms with Crippen LogP contribution in [0.2, 0.25) is 0 Å². The first-order valence-corrected chi connectivity index (χ1v) is 14.4. The summed E-state index contributed by atoms with van der Waals surface area (Å²) in [5.41, 5.74) is 5.64. The number of nitrogens with zero attached hydrogens (tertiary/aromatic N) is 3. The van der Waals surface area contributed by atoms with Crippen LogP contribution in [-0.2, 0) is 38.5 Å². The average Bonchev–Trinajstić information content (AvgIpc) is 3.51. The first-order valence-electron chi connectivity index (χ1n) is 12.7. The minimum Gasteiger partial charge on any atom is -0.350 e. The molecule has 5 heteroatoms. The van der Waals surface area contributed by atoms with Gasteiger partial charge in [0.05, 0.1) is 0 Å². The standard InChI is InChI=1S/C31H32N3OP/c1-6-24-30(22-15-9-12-18-27(22)33(24)4)36(35,29-20-32(3)26-17-11-8-14-21(26)29)31-23-16-10-13-19-28(23)34(5)25(31)7-2/h8-20H,6-7H2,1-5H3. The Morgan fingerprint density at radius 2 is 1.03 bits per heavy atom. The lowest BCUT2D eigenvalue weighted by atomic mass is 10.2. The van der Waals surface area contributed by atoms with Gasteiger partial charge in [-0.2, -0.15) is 0 Å². The fraction of sp³-hybridized carbons (Fsp3) is 0.226. The molecule has 0 saturated heterocycles. The van der Waals surface area contributed by atoms with Crippen LogP contribution in [0.5, 0.6) is 0 Å². The molecule has 36 heavy (non-hydrogen) atoms. The van der Waals surface area contributed by atoms with Crippen molar-refractivity contribution in [2.75, 3.05) is 0 Å². The third-order valence-electron chi connectivity index (χ3n) is 7.91. The van der Waals surface area contributed by atoms with E-state index >= 15 is 4.57 Å². The Labute approximate surface area is 212 Å². The quantitative estimate of drug-likeness (QED) is 0.274. The lowest BCUT2D eigenvalue weighted by Gasteiger charge is -2.22. The van der Waals surface area contributed by atoms with E-state index in [1.165, 1.54) is 0 Å². The Balaban J connectivity index is 1.89. The number of para-hydroxylation sites is 3. The number of aryl methyl sites for hydroxylation is 3. The predicted octanol–water partition coefficient (Wildman–Crippen LogP) is 5.93. The van der Waals surface area contributed by atoms with Crippen molar-refractivity contribution in [3.63, 3.8) is 0 Å². The third kappa shape index (κ3) is 2.91. The first kappa shape index (κ1) is 22.9. The molecule has 3 aromatic heterocycles. The molecule has 6 rings (SSSR count). The largest absolute Gasteiger partial charge is 0.350 e. The van der Waals surface area contributed by atoms with Crippen LogP contribution >= 0.6 is 7.14 Å². The monoisotopic (exact) mass is 493 g/mol. The number of fused-ring (bicyclic) bond motifs is 3. The second-order valence-corrected chi connectivity index (χ2v) is 12.3. The van der Waals surface area contributed by atoms with E-state index in [4.69, 9.17) is 0 Å². The lowest BCUT2D eigenvalue weighted by molar-refractivity contribution is 0.592. The second-order valence-electron chi connectivity index (χ2n) is 9.70. The van der Waals surface area contributed by atoms with E-state index in [0.29, 0.717) is 0 Å². The second kappa shape index (κ2) is 8.28. The molecule has 0 unspecified atom stereocenters. The van der Waals surface area contributed by atoms with Gasteiger partial charge in [-0.05, 0) is 31.0 Å². The molecule has 0 saturated carbocycles. The zero-order valence-corrected chi connectivity index (χ0v) is 22.5. The lowest BCUT2D eigenvalue weighted by Crippen LogP contribution is -2.29. The van der Waals surface area contributed by atoms with E-state index in [2.05, 4.69) is 128 Å².